The molecular formula is C16H20FNO3. The summed E-state index contributed by atoms with van der Waals surface area (Å²) in [6.07, 6.45) is 1.14. The van der Waals surface area contributed by atoms with Crippen LogP contribution in [0.5, 0.6) is 0 Å². The van der Waals surface area contributed by atoms with Crippen LogP contribution < -0.4 is 0 Å². The van der Waals surface area contributed by atoms with Gasteiger partial charge in [-0.2, -0.15) is 0 Å². The molecule has 0 bridgehead atoms. The van der Waals surface area contributed by atoms with Crippen LogP contribution in [0.1, 0.15) is 25.3 Å². The quantitative estimate of drug-likeness (QED) is 0.928. The fraction of sp³-hybridized carbons (Fsp3) is 0.500. The summed E-state index contributed by atoms with van der Waals surface area (Å²) >= 11 is 0. The van der Waals surface area contributed by atoms with Gasteiger partial charge in [0.1, 0.15) is 5.82 Å². The lowest BCUT2D eigenvalue weighted by atomic mass is 9.94. The van der Waals surface area contributed by atoms with Crippen LogP contribution in [0.4, 0.5) is 4.39 Å². The fourth-order valence-corrected chi connectivity index (χ4v) is 3.11. The number of hydrogen-bond donors (Lipinski definition) is 1. The van der Waals surface area contributed by atoms with Gasteiger partial charge in [-0.25, -0.2) is 4.39 Å². The lowest BCUT2D eigenvalue weighted by molar-refractivity contribution is -0.148. The Hall–Kier alpha value is -1.91. The smallest absolute Gasteiger partial charge is 0.307 e. The molecule has 3 atom stereocenters. The van der Waals surface area contributed by atoms with Crippen molar-refractivity contribution in [2.45, 2.75) is 26.3 Å². The van der Waals surface area contributed by atoms with Gasteiger partial charge in [0.2, 0.25) is 5.91 Å². The second kappa shape index (κ2) is 6.24. The summed E-state index contributed by atoms with van der Waals surface area (Å²) in [5, 5.41) is 9.24. The predicted octanol–water partition coefficient (Wildman–Crippen LogP) is 2.53. The number of carbonyl (C=O) groups excluding carboxylic acids is 1. The van der Waals surface area contributed by atoms with E-state index in [1.165, 1.54) is 17.0 Å². The van der Waals surface area contributed by atoms with Crippen LogP contribution in [0.15, 0.2) is 24.3 Å². The number of rotatable bonds is 4. The van der Waals surface area contributed by atoms with Crippen LogP contribution in [0, 0.1) is 23.6 Å². The van der Waals surface area contributed by atoms with Gasteiger partial charge >= 0.3 is 5.97 Å². The summed E-state index contributed by atoms with van der Waals surface area (Å²) in [6, 6.07) is 6.08. The number of amides is 1. The standard InChI is InChI=1S/C16H20FNO3/c1-10-6-13(14(7-10)16(20)21)15(19)18(2)9-11-4-3-5-12(17)8-11/h3-5,8,10,13-14H,6-7,9H2,1-2H3,(H,20,21). The van der Waals surface area contributed by atoms with Gasteiger partial charge in [-0.15, -0.1) is 0 Å². The van der Waals surface area contributed by atoms with E-state index < -0.39 is 17.8 Å². The average Bonchev–Trinajstić information content (AvgIpc) is 2.80. The molecule has 0 aliphatic heterocycles. The van der Waals surface area contributed by atoms with Crippen LogP contribution in [-0.2, 0) is 16.1 Å². The minimum atomic E-state index is -0.906. The second-order valence-corrected chi connectivity index (χ2v) is 5.95. The summed E-state index contributed by atoms with van der Waals surface area (Å²) in [4.78, 5) is 25.2. The molecule has 0 heterocycles. The Labute approximate surface area is 123 Å². The minimum Gasteiger partial charge on any atom is -0.481 e. The largest absolute Gasteiger partial charge is 0.481 e. The summed E-state index contributed by atoms with van der Waals surface area (Å²) < 4.78 is 13.2. The van der Waals surface area contributed by atoms with Crippen molar-refractivity contribution < 1.29 is 19.1 Å². The van der Waals surface area contributed by atoms with Crippen molar-refractivity contribution in [1.82, 2.24) is 4.90 Å². The highest BCUT2D eigenvalue weighted by molar-refractivity contribution is 5.85. The molecule has 0 saturated heterocycles. The third-order valence-corrected chi connectivity index (χ3v) is 4.12. The highest BCUT2D eigenvalue weighted by atomic mass is 19.1. The predicted molar refractivity (Wildman–Crippen MR) is 75.9 cm³/mol. The maximum atomic E-state index is 13.2. The van der Waals surface area contributed by atoms with E-state index in [9.17, 15) is 19.1 Å². The van der Waals surface area contributed by atoms with E-state index in [2.05, 4.69) is 0 Å². The molecule has 4 nitrogen and oxygen atoms in total. The van der Waals surface area contributed by atoms with Crippen LogP contribution >= 0.6 is 0 Å². The van der Waals surface area contributed by atoms with Gasteiger partial charge < -0.3 is 10.0 Å². The molecule has 0 aromatic heterocycles. The molecule has 1 fully saturated rings. The first-order valence-electron chi connectivity index (χ1n) is 7.10. The summed E-state index contributed by atoms with van der Waals surface area (Å²) in [5.74, 6) is -2.26. The van der Waals surface area contributed by atoms with Crippen molar-refractivity contribution >= 4 is 11.9 Å². The highest BCUT2D eigenvalue weighted by Gasteiger charge is 2.42. The first-order chi connectivity index (χ1) is 9.88. The molecule has 21 heavy (non-hydrogen) atoms. The van der Waals surface area contributed by atoms with Crippen LogP contribution in [0.25, 0.3) is 0 Å². The number of carboxylic acid groups (broad SMARTS) is 1. The number of carbonyl (C=O) groups is 2. The first kappa shape index (κ1) is 15.5. The summed E-state index contributed by atoms with van der Waals surface area (Å²) in [7, 11) is 1.63. The molecule has 1 aromatic carbocycles. The molecule has 114 valence electrons. The van der Waals surface area contributed by atoms with Crippen molar-refractivity contribution in [3.05, 3.63) is 35.6 Å². The number of benzene rings is 1. The normalized spacial score (nSPS) is 24.8. The zero-order valence-corrected chi connectivity index (χ0v) is 12.3. The molecule has 1 saturated carbocycles. The Balaban J connectivity index is 2.06. The highest BCUT2D eigenvalue weighted by Crippen LogP contribution is 2.37. The Bertz CT molecular complexity index is 546. The summed E-state index contributed by atoms with van der Waals surface area (Å²) in [5.41, 5.74) is 0.698. The lowest BCUT2D eigenvalue weighted by Crippen LogP contribution is -2.36. The van der Waals surface area contributed by atoms with E-state index in [4.69, 9.17) is 0 Å². The Morgan fingerprint density at radius 3 is 2.62 bits per heavy atom. The van der Waals surface area contributed by atoms with E-state index in [0.717, 1.165) is 0 Å². The van der Waals surface area contributed by atoms with Crippen molar-refractivity contribution in [3.8, 4) is 0 Å². The third kappa shape index (κ3) is 3.60. The molecule has 1 aliphatic carbocycles. The molecule has 1 amide bonds. The Morgan fingerprint density at radius 1 is 1.33 bits per heavy atom. The minimum absolute atomic E-state index is 0.170. The maximum Gasteiger partial charge on any atom is 0.307 e. The van der Waals surface area contributed by atoms with E-state index in [-0.39, 0.29) is 24.2 Å². The zero-order chi connectivity index (χ0) is 15.6. The van der Waals surface area contributed by atoms with E-state index in [1.54, 1.807) is 19.2 Å². The maximum absolute atomic E-state index is 13.2. The lowest BCUT2D eigenvalue weighted by Gasteiger charge is -2.23. The van der Waals surface area contributed by atoms with Gasteiger partial charge in [0, 0.05) is 13.6 Å². The fourth-order valence-electron chi connectivity index (χ4n) is 3.11. The number of carboxylic acids is 1. The zero-order valence-electron chi connectivity index (χ0n) is 12.3. The van der Waals surface area contributed by atoms with Gasteiger partial charge in [-0.1, -0.05) is 19.1 Å². The number of aliphatic carboxylic acids is 1. The van der Waals surface area contributed by atoms with E-state index >= 15 is 0 Å². The molecule has 5 heteroatoms. The number of nitrogens with zero attached hydrogens (tertiary/aromatic N) is 1. The van der Waals surface area contributed by atoms with Crippen molar-refractivity contribution in [2.75, 3.05) is 7.05 Å². The second-order valence-electron chi connectivity index (χ2n) is 5.95. The average molecular weight is 293 g/mol. The van der Waals surface area contributed by atoms with Gasteiger partial charge in [-0.05, 0) is 36.5 Å². The van der Waals surface area contributed by atoms with Crippen molar-refractivity contribution in [3.63, 3.8) is 0 Å². The van der Waals surface area contributed by atoms with Crippen LogP contribution in [0.2, 0.25) is 0 Å². The third-order valence-electron chi connectivity index (χ3n) is 4.12. The van der Waals surface area contributed by atoms with Crippen LogP contribution in [-0.4, -0.2) is 28.9 Å². The molecule has 1 aromatic rings. The van der Waals surface area contributed by atoms with Crippen LogP contribution in [0.3, 0.4) is 0 Å². The van der Waals surface area contributed by atoms with E-state index in [1.807, 2.05) is 6.92 Å². The van der Waals surface area contributed by atoms with Gasteiger partial charge in [-0.3, -0.25) is 9.59 Å². The molecule has 0 spiro atoms. The Kier molecular flexibility index (Phi) is 4.60. The number of hydrogen-bond acceptors (Lipinski definition) is 2. The number of halogens is 1. The molecular weight excluding hydrogens is 273 g/mol. The molecule has 3 unspecified atom stereocenters. The van der Waals surface area contributed by atoms with Crippen molar-refractivity contribution in [1.29, 1.82) is 0 Å². The van der Waals surface area contributed by atoms with Gasteiger partial charge in [0.05, 0.1) is 11.8 Å². The van der Waals surface area contributed by atoms with Gasteiger partial charge in [0.25, 0.3) is 0 Å². The summed E-state index contributed by atoms with van der Waals surface area (Å²) in [6.45, 7) is 2.25. The topological polar surface area (TPSA) is 57.6 Å². The molecule has 2 rings (SSSR count). The SMILES string of the molecule is CC1CC(C(=O)O)C(C(=O)N(C)Cc2cccc(F)c2)C1. The molecule has 0 radical (unpaired) electrons. The monoisotopic (exact) mass is 293 g/mol. The van der Waals surface area contributed by atoms with E-state index in [0.29, 0.717) is 18.4 Å². The molecule has 1 N–H and O–H groups in total. The molecule has 1 aliphatic rings. The van der Waals surface area contributed by atoms with Crippen molar-refractivity contribution in [2.24, 2.45) is 17.8 Å². The first-order valence-corrected chi connectivity index (χ1v) is 7.10. The Morgan fingerprint density at radius 2 is 2.00 bits per heavy atom. The van der Waals surface area contributed by atoms with Gasteiger partial charge in [0.15, 0.2) is 0 Å².